The van der Waals surface area contributed by atoms with Gasteiger partial charge in [-0.1, -0.05) is 188 Å². The Morgan fingerprint density at radius 2 is 1.05 bits per heavy atom. The van der Waals surface area contributed by atoms with Gasteiger partial charge in [0.05, 0.1) is 5.41 Å². The van der Waals surface area contributed by atoms with Crippen molar-refractivity contribution in [2.45, 2.75) is 11.6 Å². The second-order valence-corrected chi connectivity index (χ2v) is 15.9. The van der Waals surface area contributed by atoms with Crippen LogP contribution in [-0.4, -0.2) is 23.6 Å². The highest BCUT2D eigenvalue weighted by Crippen LogP contribution is 2.58. The summed E-state index contributed by atoms with van der Waals surface area (Å²) in [6.07, 6.45) is -0.369. The van der Waals surface area contributed by atoms with Crippen LogP contribution in [0.4, 0.5) is 0 Å². The van der Waals surface area contributed by atoms with Crippen LogP contribution in [0.3, 0.4) is 0 Å². The van der Waals surface area contributed by atoms with Gasteiger partial charge in [-0.25, -0.2) is 9.98 Å². The molecule has 1 aliphatic carbocycles. The fourth-order valence-electron chi connectivity index (χ4n) is 9.39. The SMILES string of the molecule is CN1C(c2cccc3c2sc2ccccc23)=NC(c2ccccc2-c2ccccc2)=NC1c1cccc2c1-c1ccccc1C2(c1ccccc1)c1ccccc1. The number of amidine groups is 2. The van der Waals surface area contributed by atoms with Gasteiger partial charge in [-0.15, -0.1) is 11.3 Å². The lowest BCUT2D eigenvalue weighted by atomic mass is 9.67. The van der Waals surface area contributed by atoms with Crippen molar-refractivity contribution < 1.29 is 0 Å². The Kier molecular flexibility index (Phi) is 7.87. The van der Waals surface area contributed by atoms with E-state index >= 15 is 0 Å². The molecule has 270 valence electrons. The minimum absolute atomic E-state index is 0.369. The largest absolute Gasteiger partial charge is 0.333 e. The van der Waals surface area contributed by atoms with Crippen LogP contribution in [0.25, 0.3) is 42.4 Å². The number of rotatable bonds is 6. The van der Waals surface area contributed by atoms with E-state index in [1.54, 1.807) is 0 Å². The Morgan fingerprint density at radius 3 is 1.81 bits per heavy atom. The number of thiophene rings is 1. The second-order valence-electron chi connectivity index (χ2n) is 14.9. The lowest BCUT2D eigenvalue weighted by Gasteiger charge is -2.35. The maximum atomic E-state index is 5.69. The number of nitrogens with zero attached hydrogens (tertiary/aromatic N) is 3. The lowest BCUT2D eigenvalue weighted by molar-refractivity contribution is 0.384. The molecule has 3 nitrogen and oxygen atoms in total. The van der Waals surface area contributed by atoms with Crippen molar-refractivity contribution in [2.75, 3.05) is 7.05 Å². The van der Waals surface area contributed by atoms with Crippen LogP contribution in [0.1, 0.15) is 45.1 Å². The maximum Gasteiger partial charge on any atom is 0.160 e. The number of hydrogen-bond donors (Lipinski definition) is 0. The summed E-state index contributed by atoms with van der Waals surface area (Å²) in [7, 11) is 2.17. The smallest absolute Gasteiger partial charge is 0.160 e. The van der Waals surface area contributed by atoms with Crippen LogP contribution >= 0.6 is 11.3 Å². The summed E-state index contributed by atoms with van der Waals surface area (Å²) >= 11 is 1.84. The first-order valence-corrected chi connectivity index (χ1v) is 20.3. The standard InChI is InChI=1S/C53H37N3S/c1-56-51(43-30-18-33-46-48(43)42-28-13-15-32-45(42)53(46,36-21-7-3-8-22-36)37-23-9-4-10-24-37)54-50(41-27-12-11-25-38(41)35-19-5-2-6-20-35)55-52(56)44-31-17-29-40-39-26-14-16-34-47(39)57-49(40)44/h2-34,51H,1H3. The first-order chi connectivity index (χ1) is 28.2. The molecule has 0 radical (unpaired) electrons. The number of aliphatic imine (C=N–C) groups is 2. The van der Waals surface area contributed by atoms with Crippen molar-refractivity contribution in [1.29, 1.82) is 0 Å². The van der Waals surface area contributed by atoms with Crippen molar-refractivity contribution in [3.05, 3.63) is 239 Å². The first-order valence-electron chi connectivity index (χ1n) is 19.5. The van der Waals surface area contributed by atoms with E-state index in [1.165, 1.54) is 53.6 Å². The van der Waals surface area contributed by atoms with Crippen molar-refractivity contribution in [2.24, 2.45) is 9.98 Å². The second kappa shape index (κ2) is 13.4. The summed E-state index contributed by atoms with van der Waals surface area (Å²) in [6, 6.07) is 72.4. The third kappa shape index (κ3) is 5.11. The zero-order valence-corrected chi connectivity index (χ0v) is 32.2. The molecule has 0 amide bonds. The number of hydrogen-bond acceptors (Lipinski definition) is 4. The van der Waals surface area contributed by atoms with E-state index in [2.05, 4.69) is 212 Å². The molecule has 8 aromatic carbocycles. The fourth-order valence-corrected chi connectivity index (χ4v) is 10.6. The summed E-state index contributed by atoms with van der Waals surface area (Å²) in [5.41, 5.74) is 12.5. The molecule has 2 aliphatic rings. The van der Waals surface area contributed by atoms with Crippen LogP contribution in [-0.2, 0) is 5.41 Å². The number of fused-ring (bicyclic) bond motifs is 6. The molecular formula is C53H37N3S. The van der Waals surface area contributed by atoms with Gasteiger partial charge in [0.1, 0.15) is 5.84 Å². The van der Waals surface area contributed by atoms with Crippen molar-refractivity contribution in [3.63, 3.8) is 0 Å². The van der Waals surface area contributed by atoms with E-state index < -0.39 is 5.41 Å². The van der Waals surface area contributed by atoms with Crippen LogP contribution in [0.2, 0.25) is 0 Å². The quantitative estimate of drug-likeness (QED) is 0.166. The highest BCUT2D eigenvalue weighted by molar-refractivity contribution is 7.26. The topological polar surface area (TPSA) is 28.0 Å². The summed E-state index contributed by atoms with van der Waals surface area (Å²) in [5, 5.41) is 2.52. The van der Waals surface area contributed by atoms with E-state index in [4.69, 9.17) is 9.98 Å². The predicted octanol–water partition coefficient (Wildman–Crippen LogP) is 12.9. The molecule has 2 heterocycles. The van der Waals surface area contributed by atoms with Gasteiger partial charge in [0.2, 0.25) is 0 Å². The molecule has 0 saturated heterocycles. The minimum Gasteiger partial charge on any atom is -0.333 e. The molecule has 4 heteroatoms. The van der Waals surface area contributed by atoms with Crippen LogP contribution in [0.5, 0.6) is 0 Å². The summed E-state index contributed by atoms with van der Waals surface area (Å²) in [6.45, 7) is 0. The molecule has 57 heavy (non-hydrogen) atoms. The third-order valence-corrected chi connectivity index (χ3v) is 13.1. The Morgan fingerprint density at radius 1 is 0.491 bits per heavy atom. The molecule has 11 rings (SSSR count). The summed E-state index contributed by atoms with van der Waals surface area (Å²) in [4.78, 5) is 13.5. The lowest BCUT2D eigenvalue weighted by Crippen LogP contribution is -2.36. The van der Waals surface area contributed by atoms with Gasteiger partial charge in [0, 0.05) is 43.9 Å². The zero-order valence-electron chi connectivity index (χ0n) is 31.4. The highest BCUT2D eigenvalue weighted by atomic mass is 32.1. The minimum atomic E-state index is -0.510. The molecule has 1 aromatic heterocycles. The average Bonchev–Trinajstić information content (AvgIpc) is 3.82. The molecule has 0 N–H and O–H groups in total. The Balaban J connectivity index is 1.19. The summed E-state index contributed by atoms with van der Waals surface area (Å²) < 4.78 is 2.51. The predicted molar refractivity (Wildman–Crippen MR) is 239 cm³/mol. The molecular weight excluding hydrogens is 711 g/mol. The Hall–Kier alpha value is -6.88. The van der Waals surface area contributed by atoms with Crippen LogP contribution in [0, 0.1) is 0 Å². The molecule has 1 unspecified atom stereocenters. The summed E-state index contributed by atoms with van der Waals surface area (Å²) in [5.74, 6) is 1.64. The molecule has 0 spiro atoms. The maximum absolute atomic E-state index is 5.69. The van der Waals surface area contributed by atoms with Gasteiger partial charge < -0.3 is 4.90 Å². The van der Waals surface area contributed by atoms with E-state index in [-0.39, 0.29) is 6.17 Å². The zero-order chi connectivity index (χ0) is 37.9. The Labute approximate surface area is 336 Å². The molecule has 0 bridgehead atoms. The molecule has 9 aromatic rings. The van der Waals surface area contributed by atoms with E-state index in [9.17, 15) is 0 Å². The molecule has 1 aliphatic heterocycles. The molecule has 0 saturated carbocycles. The van der Waals surface area contributed by atoms with Crippen LogP contribution < -0.4 is 0 Å². The van der Waals surface area contributed by atoms with Crippen molar-refractivity contribution in [1.82, 2.24) is 4.90 Å². The van der Waals surface area contributed by atoms with E-state index in [0.717, 1.165) is 39.5 Å². The highest BCUT2D eigenvalue weighted by Gasteiger charge is 2.47. The third-order valence-electron chi connectivity index (χ3n) is 11.8. The van der Waals surface area contributed by atoms with Gasteiger partial charge in [0.25, 0.3) is 0 Å². The Bertz CT molecular complexity index is 3000. The van der Waals surface area contributed by atoms with Gasteiger partial charge in [-0.05, 0) is 56.6 Å². The van der Waals surface area contributed by atoms with E-state index in [0.29, 0.717) is 0 Å². The van der Waals surface area contributed by atoms with E-state index in [1.807, 2.05) is 11.3 Å². The van der Waals surface area contributed by atoms with Gasteiger partial charge in [0.15, 0.2) is 12.0 Å². The monoisotopic (exact) mass is 747 g/mol. The average molecular weight is 748 g/mol. The number of benzene rings is 8. The fraction of sp³-hybridized carbons (Fsp3) is 0.0566. The van der Waals surface area contributed by atoms with Crippen LogP contribution in [0.15, 0.2) is 210 Å². The molecule has 0 fully saturated rings. The first kappa shape index (κ1) is 33.5. The molecule has 1 atom stereocenters. The van der Waals surface area contributed by atoms with Gasteiger partial charge >= 0.3 is 0 Å². The van der Waals surface area contributed by atoms with Crippen molar-refractivity contribution >= 4 is 43.2 Å². The normalized spacial score (nSPS) is 15.6. The van der Waals surface area contributed by atoms with Gasteiger partial charge in [-0.2, -0.15) is 0 Å². The van der Waals surface area contributed by atoms with Gasteiger partial charge in [-0.3, -0.25) is 0 Å². The van der Waals surface area contributed by atoms with Crippen molar-refractivity contribution in [3.8, 4) is 22.3 Å².